The zero-order chi connectivity index (χ0) is 13.7. The van der Waals surface area contributed by atoms with Gasteiger partial charge in [0.05, 0.1) is 0 Å². The van der Waals surface area contributed by atoms with Crippen LogP contribution in [0.25, 0.3) is 33.2 Å². The molecule has 1 N–H and O–H groups in total. The Hall–Kier alpha value is -2.62. The summed E-state index contributed by atoms with van der Waals surface area (Å²) in [5, 5.41) is 2.29. The first kappa shape index (κ1) is 11.2. The summed E-state index contributed by atoms with van der Waals surface area (Å²) >= 11 is 0. The van der Waals surface area contributed by atoms with Crippen molar-refractivity contribution in [3.63, 3.8) is 0 Å². The van der Waals surface area contributed by atoms with Crippen LogP contribution in [-0.4, -0.2) is 19.5 Å². The van der Waals surface area contributed by atoms with E-state index in [1.54, 1.807) is 6.33 Å². The summed E-state index contributed by atoms with van der Waals surface area (Å²) in [6.45, 7) is 2.12. The Morgan fingerprint density at radius 1 is 1.20 bits per heavy atom. The van der Waals surface area contributed by atoms with Crippen LogP contribution in [0, 0.1) is 6.92 Å². The Balaban J connectivity index is 2.04. The quantitative estimate of drug-likeness (QED) is 0.571. The normalized spacial score (nSPS) is 11.5. The van der Waals surface area contributed by atoms with Gasteiger partial charge < -0.3 is 9.55 Å². The van der Waals surface area contributed by atoms with Crippen LogP contribution in [0.4, 0.5) is 0 Å². The molecule has 0 spiro atoms. The lowest BCUT2D eigenvalue weighted by Gasteiger charge is -1.98. The van der Waals surface area contributed by atoms with Gasteiger partial charge in [-0.25, -0.2) is 9.97 Å². The summed E-state index contributed by atoms with van der Waals surface area (Å²) in [6.07, 6.45) is 5.55. The topological polar surface area (TPSA) is 46.5 Å². The van der Waals surface area contributed by atoms with Gasteiger partial charge in [-0.15, -0.1) is 0 Å². The number of aromatic amines is 1. The molecule has 1 aromatic carbocycles. The number of nitrogens with zero attached hydrogens (tertiary/aromatic N) is 3. The lowest BCUT2D eigenvalue weighted by molar-refractivity contribution is 0.969. The molecule has 3 aromatic heterocycles. The number of hydrogen-bond donors (Lipinski definition) is 1. The minimum atomic E-state index is 0.875. The Kier molecular flexibility index (Phi) is 2.21. The van der Waals surface area contributed by atoms with Gasteiger partial charge >= 0.3 is 0 Å². The van der Waals surface area contributed by atoms with E-state index >= 15 is 0 Å². The smallest absolute Gasteiger partial charge is 0.141 e. The van der Waals surface area contributed by atoms with Crippen LogP contribution in [0.15, 0.2) is 43.0 Å². The van der Waals surface area contributed by atoms with Gasteiger partial charge in [0, 0.05) is 47.0 Å². The third-order valence-corrected chi connectivity index (χ3v) is 3.73. The predicted molar refractivity (Wildman–Crippen MR) is 80.5 cm³/mol. The van der Waals surface area contributed by atoms with Crippen LogP contribution in [-0.2, 0) is 7.05 Å². The molecule has 0 aliphatic carbocycles. The van der Waals surface area contributed by atoms with E-state index in [1.165, 1.54) is 22.0 Å². The summed E-state index contributed by atoms with van der Waals surface area (Å²) < 4.78 is 2.15. The Bertz CT molecular complexity index is 897. The number of aryl methyl sites for hydroxylation is 2. The van der Waals surface area contributed by atoms with Gasteiger partial charge in [0.1, 0.15) is 12.0 Å². The molecule has 4 aromatic rings. The molecule has 0 fully saturated rings. The average molecular weight is 262 g/mol. The van der Waals surface area contributed by atoms with Gasteiger partial charge in [0.2, 0.25) is 0 Å². The molecule has 0 saturated carbocycles. The van der Waals surface area contributed by atoms with Crippen LogP contribution in [0.2, 0.25) is 0 Å². The fourth-order valence-electron chi connectivity index (χ4n) is 2.74. The fraction of sp³-hybridized carbons (Fsp3) is 0.125. The van der Waals surface area contributed by atoms with Crippen LogP contribution >= 0.6 is 0 Å². The van der Waals surface area contributed by atoms with Gasteiger partial charge in [-0.2, -0.15) is 0 Å². The van der Waals surface area contributed by atoms with E-state index in [0.29, 0.717) is 0 Å². The number of benzene rings is 1. The second-order valence-electron chi connectivity index (χ2n) is 5.18. The van der Waals surface area contributed by atoms with Crippen molar-refractivity contribution in [2.45, 2.75) is 6.92 Å². The molecule has 4 rings (SSSR count). The number of aromatic nitrogens is 4. The molecule has 98 valence electrons. The third-order valence-electron chi connectivity index (χ3n) is 3.73. The SMILES string of the molecule is Cc1ccc2c(c1)c(-c1cc3cncnc3[nH]1)cn2C. The molecule has 0 aliphatic rings. The van der Waals surface area contributed by atoms with E-state index in [4.69, 9.17) is 0 Å². The molecular weight excluding hydrogens is 248 g/mol. The average Bonchev–Trinajstić information content (AvgIpc) is 3.00. The van der Waals surface area contributed by atoms with Crippen LogP contribution in [0.3, 0.4) is 0 Å². The van der Waals surface area contributed by atoms with Crippen molar-refractivity contribution in [1.29, 1.82) is 0 Å². The second-order valence-corrected chi connectivity index (χ2v) is 5.18. The van der Waals surface area contributed by atoms with Crippen LogP contribution in [0.5, 0.6) is 0 Å². The zero-order valence-corrected chi connectivity index (χ0v) is 11.4. The number of nitrogens with one attached hydrogen (secondary N) is 1. The molecule has 0 amide bonds. The van der Waals surface area contributed by atoms with E-state index in [9.17, 15) is 0 Å². The summed E-state index contributed by atoms with van der Waals surface area (Å²) in [7, 11) is 2.07. The second kappa shape index (κ2) is 3.93. The predicted octanol–water partition coefficient (Wildman–Crippen LogP) is 3.43. The van der Waals surface area contributed by atoms with E-state index in [0.717, 1.165) is 16.7 Å². The molecule has 0 saturated heterocycles. The molecule has 4 nitrogen and oxygen atoms in total. The summed E-state index contributed by atoms with van der Waals surface area (Å²) in [5.41, 5.74) is 5.65. The van der Waals surface area contributed by atoms with E-state index in [2.05, 4.69) is 64.0 Å². The van der Waals surface area contributed by atoms with Crippen molar-refractivity contribution in [1.82, 2.24) is 19.5 Å². The lowest BCUT2D eigenvalue weighted by atomic mass is 10.1. The van der Waals surface area contributed by atoms with Gasteiger partial charge in [-0.05, 0) is 25.1 Å². The van der Waals surface area contributed by atoms with Gasteiger partial charge in [-0.3, -0.25) is 0 Å². The molecule has 4 heteroatoms. The van der Waals surface area contributed by atoms with E-state index in [-0.39, 0.29) is 0 Å². The van der Waals surface area contributed by atoms with Gasteiger partial charge in [-0.1, -0.05) is 11.6 Å². The van der Waals surface area contributed by atoms with Crippen molar-refractivity contribution in [2.75, 3.05) is 0 Å². The van der Waals surface area contributed by atoms with Gasteiger partial charge in [0.25, 0.3) is 0 Å². The van der Waals surface area contributed by atoms with Crippen molar-refractivity contribution in [2.24, 2.45) is 7.05 Å². The first-order valence-electron chi connectivity index (χ1n) is 6.57. The molecule has 0 bridgehead atoms. The minimum Gasteiger partial charge on any atom is -0.350 e. The third kappa shape index (κ3) is 1.54. The van der Waals surface area contributed by atoms with Crippen molar-refractivity contribution in [3.8, 4) is 11.3 Å². The zero-order valence-electron chi connectivity index (χ0n) is 11.4. The summed E-state index contributed by atoms with van der Waals surface area (Å²) in [5.74, 6) is 0. The first-order chi connectivity index (χ1) is 9.72. The Morgan fingerprint density at radius 2 is 2.10 bits per heavy atom. The van der Waals surface area contributed by atoms with Crippen LogP contribution in [0.1, 0.15) is 5.56 Å². The highest BCUT2D eigenvalue weighted by Crippen LogP contribution is 2.31. The number of hydrogen-bond acceptors (Lipinski definition) is 2. The summed E-state index contributed by atoms with van der Waals surface area (Å²) in [6, 6.07) is 8.63. The molecule has 0 atom stereocenters. The molecular formula is C16H14N4. The molecule has 3 heterocycles. The van der Waals surface area contributed by atoms with Gasteiger partial charge in [0.15, 0.2) is 0 Å². The maximum Gasteiger partial charge on any atom is 0.141 e. The fourth-order valence-corrected chi connectivity index (χ4v) is 2.74. The monoisotopic (exact) mass is 262 g/mol. The number of fused-ring (bicyclic) bond motifs is 2. The van der Waals surface area contributed by atoms with Crippen molar-refractivity contribution >= 4 is 21.9 Å². The standard InChI is InChI=1S/C16H14N4/c1-10-3-4-15-12(5-10)13(8-20(15)2)14-6-11-7-17-9-18-16(11)19-14/h3-9H,1-2H3,(H,17,18,19). The highest BCUT2D eigenvalue weighted by Gasteiger charge is 2.11. The highest BCUT2D eigenvalue weighted by molar-refractivity contribution is 5.97. The maximum absolute atomic E-state index is 4.26. The lowest BCUT2D eigenvalue weighted by Crippen LogP contribution is -1.82. The molecule has 0 unspecified atom stereocenters. The minimum absolute atomic E-state index is 0.875. The largest absolute Gasteiger partial charge is 0.350 e. The van der Waals surface area contributed by atoms with Crippen molar-refractivity contribution < 1.29 is 0 Å². The molecule has 20 heavy (non-hydrogen) atoms. The molecule has 0 aliphatic heterocycles. The maximum atomic E-state index is 4.26. The molecule has 0 radical (unpaired) electrons. The van der Waals surface area contributed by atoms with Crippen molar-refractivity contribution in [3.05, 3.63) is 48.5 Å². The summed E-state index contributed by atoms with van der Waals surface area (Å²) in [4.78, 5) is 11.7. The number of rotatable bonds is 1. The first-order valence-corrected chi connectivity index (χ1v) is 6.57. The van der Waals surface area contributed by atoms with Crippen LogP contribution < -0.4 is 0 Å². The Morgan fingerprint density at radius 3 is 2.95 bits per heavy atom. The Labute approximate surface area is 116 Å². The number of H-pyrrole nitrogens is 1. The van der Waals surface area contributed by atoms with E-state index in [1.807, 2.05) is 6.20 Å². The highest BCUT2D eigenvalue weighted by atomic mass is 14.9. The van der Waals surface area contributed by atoms with E-state index < -0.39 is 0 Å².